The molecule has 1 saturated heterocycles. The van der Waals surface area contributed by atoms with Gasteiger partial charge < -0.3 is 10.0 Å². The fraction of sp³-hybridized carbons (Fsp3) is 0.300. The molecule has 2 rings (SSSR count). The van der Waals surface area contributed by atoms with Crippen LogP contribution in [0.4, 0.5) is 17.1 Å². The summed E-state index contributed by atoms with van der Waals surface area (Å²) >= 11 is 1.33. The minimum atomic E-state index is -1.08. The molecular weight excluding hydrogens is 290 g/mol. The van der Waals surface area contributed by atoms with Gasteiger partial charge in [0.25, 0.3) is 11.4 Å². The standard InChI is InChI=1S/C10H9N3O6S/c14-10(15)9-4-20-5-11(9)7-2-1-6(12(16)17)3-8(7)13(18)19/h1-3,9H,4-5H2,(H,14,15). The van der Waals surface area contributed by atoms with Crippen LogP contribution in [0, 0.1) is 20.2 Å². The Morgan fingerprint density at radius 1 is 1.35 bits per heavy atom. The number of aliphatic carboxylic acids is 1. The summed E-state index contributed by atoms with van der Waals surface area (Å²) in [6.45, 7) is 0. The number of nitrogens with zero attached hydrogens (tertiary/aromatic N) is 3. The second-order valence-electron chi connectivity index (χ2n) is 4.01. The van der Waals surface area contributed by atoms with E-state index in [-0.39, 0.29) is 11.6 Å². The third-order valence-corrected chi connectivity index (χ3v) is 3.86. The van der Waals surface area contributed by atoms with Gasteiger partial charge in [-0.1, -0.05) is 0 Å². The minimum Gasteiger partial charge on any atom is -0.480 e. The molecule has 1 aromatic rings. The van der Waals surface area contributed by atoms with Crippen molar-refractivity contribution in [2.45, 2.75) is 6.04 Å². The molecule has 20 heavy (non-hydrogen) atoms. The molecule has 0 amide bonds. The van der Waals surface area contributed by atoms with Crippen molar-refractivity contribution in [2.24, 2.45) is 0 Å². The summed E-state index contributed by atoms with van der Waals surface area (Å²) in [5, 5.41) is 30.8. The summed E-state index contributed by atoms with van der Waals surface area (Å²) in [5.74, 6) is -0.485. The van der Waals surface area contributed by atoms with Gasteiger partial charge in [-0.25, -0.2) is 4.79 Å². The molecule has 0 bridgehead atoms. The highest BCUT2D eigenvalue weighted by Crippen LogP contribution is 2.37. The Hall–Kier alpha value is -2.36. The quantitative estimate of drug-likeness (QED) is 0.654. The van der Waals surface area contributed by atoms with Crippen molar-refractivity contribution in [3.63, 3.8) is 0 Å². The second-order valence-corrected chi connectivity index (χ2v) is 5.01. The lowest BCUT2D eigenvalue weighted by Crippen LogP contribution is -2.37. The lowest BCUT2D eigenvalue weighted by atomic mass is 10.2. The van der Waals surface area contributed by atoms with Crippen molar-refractivity contribution < 1.29 is 19.7 Å². The number of benzene rings is 1. The molecule has 10 heteroatoms. The second kappa shape index (κ2) is 5.33. The first-order valence-corrected chi connectivity index (χ1v) is 6.57. The molecule has 0 aliphatic carbocycles. The Bertz CT molecular complexity index is 592. The number of hydrogen-bond donors (Lipinski definition) is 1. The van der Waals surface area contributed by atoms with E-state index in [4.69, 9.17) is 5.11 Å². The van der Waals surface area contributed by atoms with E-state index < -0.39 is 33.2 Å². The van der Waals surface area contributed by atoms with E-state index in [1.165, 1.54) is 22.7 Å². The number of carboxylic acids is 1. The monoisotopic (exact) mass is 299 g/mol. The molecule has 0 radical (unpaired) electrons. The number of anilines is 1. The van der Waals surface area contributed by atoms with E-state index in [2.05, 4.69) is 0 Å². The summed E-state index contributed by atoms with van der Waals surface area (Å²) in [5.41, 5.74) is -0.787. The van der Waals surface area contributed by atoms with Gasteiger partial charge >= 0.3 is 5.97 Å². The van der Waals surface area contributed by atoms with Crippen LogP contribution < -0.4 is 4.90 Å². The summed E-state index contributed by atoms with van der Waals surface area (Å²) < 4.78 is 0. The molecule has 1 aliphatic rings. The van der Waals surface area contributed by atoms with Gasteiger partial charge in [0.05, 0.1) is 21.8 Å². The number of nitro groups is 2. The van der Waals surface area contributed by atoms with E-state index in [1.807, 2.05) is 0 Å². The zero-order valence-electron chi connectivity index (χ0n) is 9.96. The molecule has 0 aromatic heterocycles. The number of carbonyl (C=O) groups is 1. The van der Waals surface area contributed by atoms with Crippen LogP contribution >= 0.6 is 11.8 Å². The number of nitro benzene ring substituents is 2. The summed E-state index contributed by atoms with van der Waals surface area (Å²) in [4.78, 5) is 32.7. The first-order chi connectivity index (χ1) is 9.41. The maximum Gasteiger partial charge on any atom is 0.327 e. The Morgan fingerprint density at radius 3 is 2.60 bits per heavy atom. The highest BCUT2D eigenvalue weighted by molar-refractivity contribution is 7.99. The van der Waals surface area contributed by atoms with Crippen molar-refractivity contribution in [3.8, 4) is 0 Å². The predicted octanol–water partition coefficient (Wildman–Crippen LogP) is 1.47. The van der Waals surface area contributed by atoms with Gasteiger partial charge in [-0.3, -0.25) is 20.2 Å². The maximum atomic E-state index is 11.1. The number of thioether (sulfide) groups is 1. The fourth-order valence-corrected chi connectivity index (χ4v) is 3.07. The lowest BCUT2D eigenvalue weighted by molar-refractivity contribution is -0.393. The Labute approximate surface area is 116 Å². The Kier molecular flexibility index (Phi) is 3.74. The van der Waals surface area contributed by atoms with Gasteiger partial charge in [0.15, 0.2) is 0 Å². The van der Waals surface area contributed by atoms with Gasteiger partial charge in [0.1, 0.15) is 11.7 Å². The zero-order chi connectivity index (χ0) is 14.9. The van der Waals surface area contributed by atoms with Gasteiger partial charge in [-0.2, -0.15) is 0 Å². The number of hydrogen-bond acceptors (Lipinski definition) is 7. The molecule has 106 valence electrons. The first kappa shape index (κ1) is 14.1. The zero-order valence-corrected chi connectivity index (χ0v) is 10.8. The number of rotatable bonds is 4. The topological polar surface area (TPSA) is 127 Å². The molecule has 1 unspecified atom stereocenters. The van der Waals surface area contributed by atoms with Crippen molar-refractivity contribution >= 4 is 34.8 Å². The van der Waals surface area contributed by atoms with E-state index in [1.54, 1.807) is 0 Å². The van der Waals surface area contributed by atoms with E-state index in [9.17, 15) is 25.0 Å². The lowest BCUT2D eigenvalue weighted by Gasteiger charge is -2.22. The molecule has 1 aliphatic heterocycles. The van der Waals surface area contributed by atoms with Gasteiger partial charge in [-0.15, -0.1) is 11.8 Å². The Balaban J connectivity index is 2.48. The predicted molar refractivity (Wildman–Crippen MR) is 71.0 cm³/mol. The highest BCUT2D eigenvalue weighted by atomic mass is 32.2. The molecule has 1 N–H and O–H groups in total. The average Bonchev–Trinajstić information content (AvgIpc) is 2.86. The average molecular weight is 299 g/mol. The van der Waals surface area contributed by atoms with Crippen LogP contribution in [0.3, 0.4) is 0 Å². The van der Waals surface area contributed by atoms with Crippen LogP contribution in [0.5, 0.6) is 0 Å². The molecule has 0 saturated carbocycles. The molecule has 1 heterocycles. The van der Waals surface area contributed by atoms with E-state index >= 15 is 0 Å². The Morgan fingerprint density at radius 2 is 2.05 bits per heavy atom. The van der Waals surface area contributed by atoms with Crippen LogP contribution in [0.15, 0.2) is 18.2 Å². The third-order valence-electron chi connectivity index (χ3n) is 2.84. The van der Waals surface area contributed by atoms with Gasteiger partial charge in [-0.05, 0) is 6.07 Å². The van der Waals surface area contributed by atoms with E-state index in [0.717, 1.165) is 12.1 Å². The number of non-ortho nitro benzene ring substituents is 1. The molecule has 0 spiro atoms. The summed E-state index contributed by atoms with van der Waals surface area (Å²) in [6, 6.07) is 2.32. The maximum absolute atomic E-state index is 11.1. The highest BCUT2D eigenvalue weighted by Gasteiger charge is 2.35. The van der Waals surface area contributed by atoms with Gasteiger partial charge in [0, 0.05) is 11.8 Å². The molecule has 1 fully saturated rings. The van der Waals surface area contributed by atoms with E-state index in [0.29, 0.717) is 5.75 Å². The number of carboxylic acid groups (broad SMARTS) is 1. The summed E-state index contributed by atoms with van der Waals surface area (Å²) in [7, 11) is 0. The van der Waals surface area contributed by atoms with Crippen LogP contribution in [-0.4, -0.2) is 38.6 Å². The molecule has 1 atom stereocenters. The smallest absolute Gasteiger partial charge is 0.327 e. The van der Waals surface area contributed by atoms with Crippen LogP contribution in [-0.2, 0) is 4.79 Å². The van der Waals surface area contributed by atoms with Crippen molar-refractivity contribution in [1.82, 2.24) is 0 Å². The van der Waals surface area contributed by atoms with Crippen molar-refractivity contribution in [3.05, 3.63) is 38.4 Å². The third kappa shape index (κ3) is 2.50. The first-order valence-electron chi connectivity index (χ1n) is 5.42. The molecule has 9 nitrogen and oxygen atoms in total. The summed E-state index contributed by atoms with van der Waals surface area (Å²) in [6.07, 6.45) is 0. The minimum absolute atomic E-state index is 0.0815. The van der Waals surface area contributed by atoms with Crippen LogP contribution in [0.1, 0.15) is 0 Å². The largest absolute Gasteiger partial charge is 0.480 e. The fourth-order valence-electron chi connectivity index (χ4n) is 1.90. The van der Waals surface area contributed by atoms with Crippen LogP contribution in [0.25, 0.3) is 0 Å². The van der Waals surface area contributed by atoms with Crippen LogP contribution in [0.2, 0.25) is 0 Å². The van der Waals surface area contributed by atoms with Crippen molar-refractivity contribution in [1.29, 1.82) is 0 Å². The normalized spacial score (nSPS) is 18.0. The van der Waals surface area contributed by atoms with Gasteiger partial charge in [0.2, 0.25) is 0 Å². The molecular formula is C10H9N3O6S. The SMILES string of the molecule is O=C(O)C1CSCN1c1ccc([N+](=O)[O-])cc1[N+](=O)[O-]. The van der Waals surface area contributed by atoms with Crippen molar-refractivity contribution in [2.75, 3.05) is 16.5 Å². The molecule has 1 aromatic carbocycles.